The Bertz CT molecular complexity index is 1070. The molecule has 1 aliphatic heterocycles. The predicted octanol–water partition coefficient (Wildman–Crippen LogP) is 5.03. The van der Waals surface area contributed by atoms with Crippen LogP contribution in [0.2, 0.25) is 0 Å². The van der Waals surface area contributed by atoms with Crippen molar-refractivity contribution in [2.24, 2.45) is 5.92 Å². The monoisotopic (exact) mass is 455 g/mol. The molecular weight excluding hydrogens is 422 g/mol. The van der Waals surface area contributed by atoms with Crippen LogP contribution in [0.1, 0.15) is 41.3 Å². The van der Waals surface area contributed by atoms with Gasteiger partial charge in [0.2, 0.25) is 5.91 Å². The Balaban J connectivity index is 1.31. The fraction of sp³-hybridized carbons (Fsp3) is 0.310. The van der Waals surface area contributed by atoms with E-state index in [2.05, 4.69) is 70.7 Å². The molecule has 0 bridgehead atoms. The molecule has 4 rings (SSSR count). The minimum Gasteiger partial charge on any atom is -0.497 e. The number of hydrogen-bond acceptors (Lipinski definition) is 4. The highest BCUT2D eigenvalue weighted by molar-refractivity contribution is 5.79. The molecule has 2 aromatic carbocycles. The average molecular weight is 456 g/mol. The van der Waals surface area contributed by atoms with Gasteiger partial charge in [-0.3, -0.25) is 14.7 Å². The van der Waals surface area contributed by atoms with Gasteiger partial charge in [0, 0.05) is 18.7 Å². The Hall–Kier alpha value is -3.44. The summed E-state index contributed by atoms with van der Waals surface area (Å²) >= 11 is 0. The second-order valence-electron chi connectivity index (χ2n) is 8.86. The van der Waals surface area contributed by atoms with Crippen LogP contribution in [0, 0.1) is 12.8 Å². The number of piperidine rings is 1. The summed E-state index contributed by atoms with van der Waals surface area (Å²) in [6.45, 7) is 4.80. The maximum Gasteiger partial charge on any atom is 0.224 e. The van der Waals surface area contributed by atoms with Crippen molar-refractivity contribution in [1.82, 2.24) is 15.2 Å². The third-order valence-corrected chi connectivity index (χ3v) is 6.43. The van der Waals surface area contributed by atoms with Gasteiger partial charge in [-0.15, -0.1) is 0 Å². The number of rotatable bonds is 8. The van der Waals surface area contributed by atoms with E-state index in [4.69, 9.17) is 4.74 Å². The minimum absolute atomic E-state index is 0.0264. The number of carbonyl (C=O) groups is 1. The van der Waals surface area contributed by atoms with Gasteiger partial charge >= 0.3 is 0 Å². The summed E-state index contributed by atoms with van der Waals surface area (Å²) in [5, 5.41) is 3.28. The standard InChI is InChI=1S/C29H33N3O2/c1-22-8-12-24(13-9-22)28(27-7-3-4-18-30-27)31-29(33)25-16-20-32(21-17-25)19-5-6-23-10-14-26(34-2)15-11-23/h3-15,18,25,28H,16-17,19-21H2,1-2H3,(H,31,33)/b6-5+. The van der Waals surface area contributed by atoms with Gasteiger partial charge in [-0.1, -0.05) is 60.2 Å². The number of nitrogens with zero attached hydrogens (tertiary/aromatic N) is 2. The van der Waals surface area contributed by atoms with Crippen molar-refractivity contribution in [2.45, 2.75) is 25.8 Å². The van der Waals surface area contributed by atoms with Gasteiger partial charge in [0.25, 0.3) is 0 Å². The highest BCUT2D eigenvalue weighted by Gasteiger charge is 2.27. The molecule has 3 aromatic rings. The fourth-order valence-electron chi connectivity index (χ4n) is 4.32. The number of ether oxygens (including phenoxy) is 1. The van der Waals surface area contributed by atoms with Gasteiger partial charge in [-0.25, -0.2) is 0 Å². The summed E-state index contributed by atoms with van der Waals surface area (Å²) in [5.41, 5.74) is 4.27. The number of nitrogens with one attached hydrogen (secondary N) is 1. The second kappa shape index (κ2) is 11.6. The van der Waals surface area contributed by atoms with E-state index in [9.17, 15) is 4.79 Å². The van der Waals surface area contributed by atoms with Crippen LogP contribution in [0.25, 0.3) is 6.08 Å². The number of amides is 1. The summed E-state index contributed by atoms with van der Waals surface area (Å²) in [4.78, 5) is 20.1. The SMILES string of the molecule is COc1ccc(/C=C/CN2CCC(C(=O)NC(c3ccc(C)cc3)c3ccccn3)CC2)cc1. The third kappa shape index (κ3) is 6.33. The molecule has 1 aliphatic rings. The fourth-order valence-corrected chi connectivity index (χ4v) is 4.32. The molecule has 0 saturated carbocycles. The van der Waals surface area contributed by atoms with Crippen LogP contribution in [0.5, 0.6) is 5.75 Å². The Morgan fingerprint density at radius 1 is 1.09 bits per heavy atom. The zero-order chi connectivity index (χ0) is 23.8. The first-order valence-corrected chi connectivity index (χ1v) is 11.9. The average Bonchev–Trinajstić information content (AvgIpc) is 2.89. The van der Waals surface area contributed by atoms with E-state index in [0.717, 1.165) is 55.0 Å². The molecule has 0 radical (unpaired) electrons. The first-order valence-electron chi connectivity index (χ1n) is 11.9. The van der Waals surface area contributed by atoms with E-state index in [1.165, 1.54) is 5.56 Å². The first kappa shape index (κ1) is 23.7. The van der Waals surface area contributed by atoms with Crippen molar-refractivity contribution in [1.29, 1.82) is 0 Å². The molecule has 176 valence electrons. The summed E-state index contributed by atoms with van der Waals surface area (Å²) in [7, 11) is 1.68. The normalized spacial score (nSPS) is 15.8. The summed E-state index contributed by atoms with van der Waals surface area (Å²) in [6.07, 6.45) is 7.84. The third-order valence-electron chi connectivity index (χ3n) is 6.43. The maximum absolute atomic E-state index is 13.2. The van der Waals surface area contributed by atoms with Gasteiger partial charge < -0.3 is 10.1 Å². The summed E-state index contributed by atoms with van der Waals surface area (Å²) in [5.74, 6) is 1.01. The lowest BCUT2D eigenvalue weighted by Crippen LogP contribution is -2.41. The van der Waals surface area contributed by atoms with E-state index in [-0.39, 0.29) is 17.9 Å². The van der Waals surface area contributed by atoms with Gasteiger partial charge in [0.15, 0.2) is 0 Å². The van der Waals surface area contributed by atoms with E-state index >= 15 is 0 Å². The van der Waals surface area contributed by atoms with Crippen molar-refractivity contribution < 1.29 is 9.53 Å². The van der Waals surface area contributed by atoms with Crippen LogP contribution in [0.4, 0.5) is 0 Å². The molecule has 1 saturated heterocycles. The Morgan fingerprint density at radius 3 is 2.47 bits per heavy atom. The Morgan fingerprint density at radius 2 is 1.82 bits per heavy atom. The molecule has 5 heteroatoms. The molecule has 1 fully saturated rings. The van der Waals surface area contributed by atoms with Gasteiger partial charge in [-0.2, -0.15) is 0 Å². The van der Waals surface area contributed by atoms with Gasteiger partial charge in [0.1, 0.15) is 5.75 Å². The molecule has 1 aromatic heterocycles. The molecule has 0 spiro atoms. The number of methoxy groups -OCH3 is 1. The minimum atomic E-state index is -0.236. The molecule has 2 heterocycles. The predicted molar refractivity (Wildman–Crippen MR) is 137 cm³/mol. The summed E-state index contributed by atoms with van der Waals surface area (Å²) < 4.78 is 5.21. The van der Waals surface area contributed by atoms with Crippen LogP contribution in [-0.4, -0.2) is 42.5 Å². The molecule has 5 nitrogen and oxygen atoms in total. The first-order chi connectivity index (χ1) is 16.6. The molecule has 1 atom stereocenters. The van der Waals surface area contributed by atoms with Crippen molar-refractivity contribution in [3.05, 3.63) is 101 Å². The number of likely N-dealkylation sites (tertiary alicyclic amines) is 1. The second-order valence-corrected chi connectivity index (χ2v) is 8.86. The lowest BCUT2D eigenvalue weighted by molar-refractivity contribution is -0.126. The highest BCUT2D eigenvalue weighted by atomic mass is 16.5. The van der Waals surface area contributed by atoms with Crippen LogP contribution in [-0.2, 0) is 4.79 Å². The Kier molecular flexibility index (Phi) is 8.10. The largest absolute Gasteiger partial charge is 0.497 e. The molecule has 0 aliphatic carbocycles. The molecule has 1 N–H and O–H groups in total. The van der Waals surface area contributed by atoms with Crippen molar-refractivity contribution in [3.63, 3.8) is 0 Å². The Labute approximate surface area is 202 Å². The topological polar surface area (TPSA) is 54.5 Å². The maximum atomic E-state index is 13.2. The lowest BCUT2D eigenvalue weighted by Gasteiger charge is -2.31. The quantitative estimate of drug-likeness (QED) is 0.518. The highest BCUT2D eigenvalue weighted by Crippen LogP contribution is 2.24. The van der Waals surface area contributed by atoms with Crippen molar-refractivity contribution >= 4 is 12.0 Å². The van der Waals surface area contributed by atoms with Crippen LogP contribution in [0.3, 0.4) is 0 Å². The van der Waals surface area contributed by atoms with Crippen LogP contribution >= 0.6 is 0 Å². The van der Waals surface area contributed by atoms with Crippen molar-refractivity contribution in [3.8, 4) is 5.75 Å². The van der Waals surface area contributed by atoms with Gasteiger partial charge in [-0.05, 0) is 68.2 Å². The zero-order valence-electron chi connectivity index (χ0n) is 20.0. The number of benzene rings is 2. The van der Waals surface area contributed by atoms with Crippen LogP contribution < -0.4 is 10.1 Å². The summed E-state index contributed by atoms with van der Waals surface area (Å²) in [6, 6.07) is 22.0. The smallest absolute Gasteiger partial charge is 0.224 e. The lowest BCUT2D eigenvalue weighted by atomic mass is 9.94. The van der Waals surface area contributed by atoms with Crippen LogP contribution in [0.15, 0.2) is 79.0 Å². The number of hydrogen-bond donors (Lipinski definition) is 1. The van der Waals surface area contributed by atoms with E-state index in [1.54, 1.807) is 13.3 Å². The molecule has 34 heavy (non-hydrogen) atoms. The zero-order valence-corrected chi connectivity index (χ0v) is 20.0. The number of aryl methyl sites for hydroxylation is 1. The number of pyridine rings is 1. The van der Waals surface area contributed by atoms with E-state index < -0.39 is 0 Å². The molecule has 1 amide bonds. The van der Waals surface area contributed by atoms with Gasteiger partial charge in [0.05, 0.1) is 18.8 Å². The van der Waals surface area contributed by atoms with Crippen molar-refractivity contribution in [2.75, 3.05) is 26.7 Å². The van der Waals surface area contributed by atoms with E-state index in [1.807, 2.05) is 30.3 Å². The number of aromatic nitrogens is 1. The van der Waals surface area contributed by atoms with E-state index in [0.29, 0.717) is 0 Å². The molecular formula is C29H33N3O2. The number of carbonyl (C=O) groups excluding carboxylic acids is 1. The molecule has 1 unspecified atom stereocenters.